The normalized spacial score (nSPS) is 13.2. The topological polar surface area (TPSA) is 92.7 Å². The first-order valence-electron chi connectivity index (χ1n) is 8.31. The van der Waals surface area contributed by atoms with Gasteiger partial charge in [0.15, 0.2) is 11.6 Å². The first-order valence-corrected chi connectivity index (χ1v) is 8.31. The zero-order valence-corrected chi connectivity index (χ0v) is 15.2. The highest BCUT2D eigenvalue weighted by Crippen LogP contribution is 2.29. The molecule has 9 heteroatoms. The minimum absolute atomic E-state index is 0.00306. The molecule has 0 spiro atoms. The SMILES string of the molecule is CC(C)(C)c1noc(CCCC(=O)C(C#N)c2ccc(C(F)(F)F)cn2)n1. The molecule has 6 nitrogen and oxygen atoms in total. The molecular formula is C18H19F3N4O2. The molecule has 0 fully saturated rings. The molecule has 0 radical (unpaired) electrons. The van der Waals surface area contributed by atoms with Crippen LogP contribution >= 0.6 is 0 Å². The van der Waals surface area contributed by atoms with Crippen molar-refractivity contribution in [3.05, 3.63) is 41.3 Å². The number of rotatable bonds is 6. The summed E-state index contributed by atoms with van der Waals surface area (Å²) >= 11 is 0. The van der Waals surface area contributed by atoms with Gasteiger partial charge in [0.1, 0.15) is 5.92 Å². The number of ketones is 1. The van der Waals surface area contributed by atoms with Gasteiger partial charge in [-0.2, -0.15) is 23.4 Å². The van der Waals surface area contributed by atoms with Gasteiger partial charge in [0, 0.05) is 24.5 Å². The Labute approximate surface area is 154 Å². The fourth-order valence-corrected chi connectivity index (χ4v) is 2.27. The summed E-state index contributed by atoms with van der Waals surface area (Å²) in [6, 6.07) is 3.67. The van der Waals surface area contributed by atoms with E-state index in [1.54, 1.807) is 6.07 Å². The highest BCUT2D eigenvalue weighted by molar-refractivity contribution is 5.87. The molecule has 1 atom stereocenters. The van der Waals surface area contributed by atoms with Crippen LogP contribution in [0.3, 0.4) is 0 Å². The van der Waals surface area contributed by atoms with Gasteiger partial charge < -0.3 is 4.52 Å². The number of aromatic nitrogens is 3. The first-order chi connectivity index (χ1) is 12.5. The molecule has 0 saturated carbocycles. The standard InChI is InChI=1S/C18H19F3N4O2/c1-17(2,3)16-24-15(27-25-16)6-4-5-14(26)12(9-22)13-8-7-11(10-23-13)18(19,20)21/h7-8,10,12H,4-6H2,1-3H3. The van der Waals surface area contributed by atoms with Crippen molar-refractivity contribution < 1.29 is 22.5 Å². The monoisotopic (exact) mass is 380 g/mol. The summed E-state index contributed by atoms with van der Waals surface area (Å²) in [6.07, 6.45) is -3.10. The van der Waals surface area contributed by atoms with Crippen LogP contribution in [0.25, 0.3) is 0 Å². The van der Waals surface area contributed by atoms with Crippen molar-refractivity contribution in [3.63, 3.8) is 0 Å². The Morgan fingerprint density at radius 1 is 1.30 bits per heavy atom. The highest BCUT2D eigenvalue weighted by Gasteiger charge is 2.31. The van der Waals surface area contributed by atoms with Gasteiger partial charge >= 0.3 is 6.18 Å². The first kappa shape index (κ1) is 20.6. The maximum atomic E-state index is 12.6. The molecule has 0 N–H and O–H groups in total. The largest absolute Gasteiger partial charge is 0.417 e. The third-order valence-corrected chi connectivity index (χ3v) is 3.81. The molecule has 0 aliphatic carbocycles. The van der Waals surface area contributed by atoms with Crippen molar-refractivity contribution in [2.75, 3.05) is 0 Å². The van der Waals surface area contributed by atoms with Gasteiger partial charge in [0.05, 0.1) is 17.3 Å². The number of pyridine rings is 1. The molecule has 2 aromatic heterocycles. The number of hydrogen-bond acceptors (Lipinski definition) is 6. The van der Waals surface area contributed by atoms with E-state index >= 15 is 0 Å². The predicted octanol–water partition coefficient (Wildman–Crippen LogP) is 3.98. The van der Waals surface area contributed by atoms with Crippen LogP contribution in [-0.2, 0) is 22.8 Å². The zero-order chi connectivity index (χ0) is 20.2. The lowest BCUT2D eigenvalue weighted by Gasteiger charge is -2.11. The second kappa shape index (κ2) is 7.86. The van der Waals surface area contributed by atoms with Crippen LogP contribution in [-0.4, -0.2) is 20.9 Å². The van der Waals surface area contributed by atoms with Gasteiger partial charge in [-0.15, -0.1) is 0 Å². The molecule has 2 heterocycles. The number of halogens is 3. The Kier molecular flexibility index (Phi) is 5.98. The number of nitrogens with zero attached hydrogens (tertiary/aromatic N) is 4. The summed E-state index contributed by atoms with van der Waals surface area (Å²) < 4.78 is 42.9. The summed E-state index contributed by atoms with van der Waals surface area (Å²) in [4.78, 5) is 20.2. The maximum Gasteiger partial charge on any atom is 0.417 e. The van der Waals surface area contributed by atoms with Crippen LogP contribution in [0.1, 0.15) is 62.5 Å². The van der Waals surface area contributed by atoms with Crippen LogP contribution in [0.2, 0.25) is 0 Å². The molecular weight excluding hydrogens is 361 g/mol. The molecule has 0 amide bonds. The second-order valence-electron chi connectivity index (χ2n) is 7.11. The summed E-state index contributed by atoms with van der Waals surface area (Å²) in [6.45, 7) is 5.83. The lowest BCUT2D eigenvalue weighted by Crippen LogP contribution is -2.14. The van der Waals surface area contributed by atoms with Gasteiger partial charge in [-0.05, 0) is 18.6 Å². The Hall–Kier alpha value is -2.76. The zero-order valence-electron chi connectivity index (χ0n) is 15.2. The quantitative estimate of drug-likeness (QED) is 0.753. The fourth-order valence-electron chi connectivity index (χ4n) is 2.27. The van der Waals surface area contributed by atoms with Crippen LogP contribution in [0.5, 0.6) is 0 Å². The number of carbonyl (C=O) groups is 1. The average Bonchev–Trinajstić information content (AvgIpc) is 3.04. The summed E-state index contributed by atoms with van der Waals surface area (Å²) in [7, 11) is 0. The van der Waals surface area contributed by atoms with E-state index < -0.39 is 23.4 Å². The van der Waals surface area contributed by atoms with Crippen molar-refractivity contribution in [1.82, 2.24) is 15.1 Å². The van der Waals surface area contributed by atoms with Crippen molar-refractivity contribution in [2.45, 2.75) is 57.5 Å². The lowest BCUT2D eigenvalue weighted by atomic mass is 9.96. The minimum Gasteiger partial charge on any atom is -0.339 e. The molecule has 144 valence electrons. The molecule has 0 aliphatic rings. The molecule has 2 rings (SSSR count). The molecule has 0 aromatic carbocycles. The van der Waals surface area contributed by atoms with Gasteiger partial charge in [-0.3, -0.25) is 9.78 Å². The summed E-state index contributed by atoms with van der Waals surface area (Å²) in [5.41, 5.74) is -1.18. The van der Waals surface area contributed by atoms with Gasteiger partial charge in [-0.1, -0.05) is 25.9 Å². The minimum atomic E-state index is -4.52. The van der Waals surface area contributed by atoms with Crippen molar-refractivity contribution >= 4 is 5.78 Å². The highest BCUT2D eigenvalue weighted by atomic mass is 19.4. The van der Waals surface area contributed by atoms with Crippen LogP contribution in [0.4, 0.5) is 13.2 Å². The molecule has 0 bridgehead atoms. The van der Waals surface area contributed by atoms with E-state index in [-0.39, 0.29) is 17.5 Å². The van der Waals surface area contributed by atoms with E-state index in [0.717, 1.165) is 12.1 Å². The number of hydrogen-bond donors (Lipinski definition) is 0. The van der Waals surface area contributed by atoms with Gasteiger partial charge in [0.25, 0.3) is 0 Å². The van der Waals surface area contributed by atoms with E-state index in [9.17, 15) is 23.2 Å². The van der Waals surface area contributed by atoms with E-state index in [1.165, 1.54) is 0 Å². The molecule has 27 heavy (non-hydrogen) atoms. The molecule has 0 aliphatic heterocycles. The average molecular weight is 380 g/mol. The molecule has 2 aromatic rings. The Balaban J connectivity index is 1.95. The van der Waals surface area contributed by atoms with E-state index in [0.29, 0.717) is 30.8 Å². The van der Waals surface area contributed by atoms with Crippen LogP contribution in [0.15, 0.2) is 22.9 Å². The fraction of sp³-hybridized carbons (Fsp3) is 0.500. The van der Waals surface area contributed by atoms with Gasteiger partial charge in [0.2, 0.25) is 5.89 Å². The van der Waals surface area contributed by atoms with Crippen molar-refractivity contribution in [1.29, 1.82) is 5.26 Å². The van der Waals surface area contributed by atoms with Crippen LogP contribution < -0.4 is 0 Å². The summed E-state index contributed by atoms with van der Waals surface area (Å²) in [5.74, 6) is -0.665. The smallest absolute Gasteiger partial charge is 0.339 e. The third kappa shape index (κ3) is 5.36. The van der Waals surface area contributed by atoms with E-state index in [4.69, 9.17) is 4.52 Å². The number of carbonyl (C=O) groups excluding carboxylic acids is 1. The second-order valence-corrected chi connectivity index (χ2v) is 7.11. The number of Topliss-reactive ketones (excluding diaryl/α,β-unsaturated/α-hetero) is 1. The molecule has 1 unspecified atom stereocenters. The number of nitriles is 1. The Morgan fingerprint density at radius 2 is 2.00 bits per heavy atom. The number of aryl methyl sites for hydroxylation is 1. The van der Waals surface area contributed by atoms with Gasteiger partial charge in [-0.25, -0.2) is 0 Å². The van der Waals surface area contributed by atoms with E-state index in [1.807, 2.05) is 20.8 Å². The molecule has 0 saturated heterocycles. The number of alkyl halides is 3. The van der Waals surface area contributed by atoms with E-state index in [2.05, 4.69) is 15.1 Å². The van der Waals surface area contributed by atoms with Crippen molar-refractivity contribution in [3.8, 4) is 6.07 Å². The van der Waals surface area contributed by atoms with Crippen LogP contribution in [0, 0.1) is 11.3 Å². The Morgan fingerprint density at radius 3 is 2.48 bits per heavy atom. The Bertz CT molecular complexity index is 830. The predicted molar refractivity (Wildman–Crippen MR) is 88.5 cm³/mol. The van der Waals surface area contributed by atoms with Crippen molar-refractivity contribution in [2.24, 2.45) is 0 Å². The summed E-state index contributed by atoms with van der Waals surface area (Å²) in [5, 5.41) is 13.1. The maximum absolute atomic E-state index is 12.6. The third-order valence-electron chi connectivity index (χ3n) is 3.81. The lowest BCUT2D eigenvalue weighted by molar-refractivity contribution is -0.137.